The number of rotatable bonds is 10. The molecule has 160 valence electrons. The van der Waals surface area contributed by atoms with Gasteiger partial charge in [0.15, 0.2) is 5.69 Å². The molecule has 2 aliphatic rings. The van der Waals surface area contributed by atoms with Crippen molar-refractivity contribution in [1.29, 1.82) is 0 Å². The fourth-order valence-corrected chi connectivity index (χ4v) is 3.61. The molecule has 0 bridgehead atoms. The van der Waals surface area contributed by atoms with Gasteiger partial charge in [0.1, 0.15) is 17.8 Å². The zero-order valence-corrected chi connectivity index (χ0v) is 17.5. The van der Waals surface area contributed by atoms with Crippen LogP contribution >= 0.6 is 0 Å². The molecule has 6 nitrogen and oxygen atoms in total. The number of benzene rings is 2. The van der Waals surface area contributed by atoms with Crippen molar-refractivity contribution in [2.75, 3.05) is 6.54 Å². The molecule has 1 heterocycles. The van der Waals surface area contributed by atoms with Gasteiger partial charge in [0.2, 0.25) is 5.89 Å². The molecule has 1 amide bonds. The summed E-state index contributed by atoms with van der Waals surface area (Å²) in [5, 5.41) is 2.96. The molecular weight excluding hydrogens is 390 g/mol. The van der Waals surface area contributed by atoms with Crippen molar-refractivity contribution in [2.24, 2.45) is 5.92 Å². The second-order valence-corrected chi connectivity index (χ2v) is 8.55. The largest absolute Gasteiger partial charge is 0.457 e. The summed E-state index contributed by atoms with van der Waals surface area (Å²) in [6.45, 7) is 2.35. The van der Waals surface area contributed by atoms with E-state index in [4.69, 9.17) is 9.15 Å². The molecule has 0 unspecified atom stereocenters. The lowest BCUT2D eigenvalue weighted by atomic mass is 10.2. The van der Waals surface area contributed by atoms with E-state index in [0.717, 1.165) is 43.3 Å². The minimum atomic E-state index is -0.142. The predicted octanol–water partition coefficient (Wildman–Crippen LogP) is 4.77. The van der Waals surface area contributed by atoms with Gasteiger partial charge in [-0.05, 0) is 61.4 Å². The van der Waals surface area contributed by atoms with Gasteiger partial charge in [0, 0.05) is 19.1 Å². The van der Waals surface area contributed by atoms with Crippen LogP contribution in [0.15, 0.2) is 65.3 Å². The molecule has 2 fully saturated rings. The van der Waals surface area contributed by atoms with Crippen LogP contribution in [0.3, 0.4) is 0 Å². The Morgan fingerprint density at radius 2 is 1.84 bits per heavy atom. The molecule has 6 heteroatoms. The van der Waals surface area contributed by atoms with Crippen LogP contribution in [0.5, 0.6) is 11.5 Å². The van der Waals surface area contributed by atoms with E-state index in [9.17, 15) is 4.79 Å². The van der Waals surface area contributed by atoms with E-state index in [1.54, 1.807) is 0 Å². The van der Waals surface area contributed by atoms with Crippen molar-refractivity contribution < 1.29 is 13.9 Å². The van der Waals surface area contributed by atoms with E-state index in [-0.39, 0.29) is 5.91 Å². The second kappa shape index (κ2) is 8.94. The molecule has 5 rings (SSSR count). The Hall–Kier alpha value is -3.12. The highest BCUT2D eigenvalue weighted by Crippen LogP contribution is 2.31. The lowest BCUT2D eigenvalue weighted by molar-refractivity contribution is 0.0946. The van der Waals surface area contributed by atoms with Crippen LogP contribution in [0, 0.1) is 5.92 Å². The molecule has 2 aromatic carbocycles. The highest BCUT2D eigenvalue weighted by molar-refractivity contribution is 5.92. The number of nitrogens with zero attached hydrogens (tertiary/aromatic N) is 2. The van der Waals surface area contributed by atoms with Crippen molar-refractivity contribution in [2.45, 2.75) is 44.8 Å². The number of nitrogens with one attached hydrogen (secondary N) is 1. The van der Waals surface area contributed by atoms with E-state index in [1.807, 2.05) is 42.5 Å². The maximum Gasteiger partial charge on any atom is 0.273 e. The van der Waals surface area contributed by atoms with Crippen molar-refractivity contribution >= 4 is 5.91 Å². The molecule has 0 radical (unpaired) electrons. The summed E-state index contributed by atoms with van der Waals surface area (Å²) in [4.78, 5) is 19.0. The molecule has 2 saturated carbocycles. The van der Waals surface area contributed by atoms with Crippen LogP contribution in [0.4, 0.5) is 0 Å². The number of amides is 1. The van der Waals surface area contributed by atoms with Crippen LogP contribution < -0.4 is 10.1 Å². The first kappa shape index (κ1) is 19.8. The molecule has 31 heavy (non-hydrogen) atoms. The van der Waals surface area contributed by atoms with E-state index in [2.05, 4.69) is 27.3 Å². The third kappa shape index (κ3) is 5.73. The smallest absolute Gasteiger partial charge is 0.273 e. The lowest BCUT2D eigenvalue weighted by Crippen LogP contribution is -2.27. The molecule has 3 aromatic rings. The van der Waals surface area contributed by atoms with Gasteiger partial charge in [-0.2, -0.15) is 0 Å². The quantitative estimate of drug-likeness (QED) is 0.515. The van der Waals surface area contributed by atoms with Gasteiger partial charge < -0.3 is 14.5 Å². The fourth-order valence-electron chi connectivity index (χ4n) is 3.61. The van der Waals surface area contributed by atoms with Crippen molar-refractivity contribution in [3.05, 3.63) is 78.0 Å². The molecular formula is C25H27N3O3. The first-order chi connectivity index (χ1) is 15.2. The van der Waals surface area contributed by atoms with Gasteiger partial charge >= 0.3 is 0 Å². The molecule has 1 N–H and O–H groups in total. The molecule has 0 saturated heterocycles. The Bertz CT molecular complexity index is 1030. The van der Waals surface area contributed by atoms with Crippen LogP contribution in [0.1, 0.15) is 47.6 Å². The number of ether oxygens (including phenoxy) is 1. The maximum absolute atomic E-state index is 12.2. The molecule has 0 atom stereocenters. The number of hydrogen-bond donors (Lipinski definition) is 1. The number of oxazole rings is 1. The van der Waals surface area contributed by atoms with E-state index < -0.39 is 0 Å². The summed E-state index contributed by atoms with van der Waals surface area (Å²) in [7, 11) is 0. The summed E-state index contributed by atoms with van der Waals surface area (Å²) in [5.74, 6) is 2.82. The Labute approximate surface area is 182 Å². The third-order valence-corrected chi connectivity index (χ3v) is 5.55. The molecule has 1 aromatic heterocycles. The van der Waals surface area contributed by atoms with Gasteiger partial charge in [-0.3, -0.25) is 9.69 Å². The normalized spacial score (nSPS) is 15.8. The summed E-state index contributed by atoms with van der Waals surface area (Å²) in [5.41, 5.74) is 1.54. The average molecular weight is 418 g/mol. The molecule has 0 aliphatic heterocycles. The van der Waals surface area contributed by atoms with Crippen molar-refractivity contribution in [1.82, 2.24) is 15.2 Å². The van der Waals surface area contributed by atoms with Crippen molar-refractivity contribution in [3.63, 3.8) is 0 Å². The number of carbonyl (C=O) groups excluding carboxylic acids is 1. The monoisotopic (exact) mass is 417 g/mol. The highest BCUT2D eigenvalue weighted by Gasteiger charge is 2.27. The summed E-state index contributed by atoms with van der Waals surface area (Å²) in [6, 6.07) is 18.3. The van der Waals surface area contributed by atoms with E-state index in [1.165, 1.54) is 24.7 Å². The number of para-hydroxylation sites is 1. The zero-order valence-electron chi connectivity index (χ0n) is 17.5. The fraction of sp³-hybridized carbons (Fsp3) is 0.360. The predicted molar refractivity (Wildman–Crippen MR) is 117 cm³/mol. The number of hydrogen-bond acceptors (Lipinski definition) is 5. The summed E-state index contributed by atoms with van der Waals surface area (Å²) in [6.07, 6.45) is 6.12. The zero-order chi connectivity index (χ0) is 21.0. The maximum atomic E-state index is 12.2. The van der Waals surface area contributed by atoms with E-state index in [0.29, 0.717) is 24.2 Å². The topological polar surface area (TPSA) is 67.6 Å². The lowest BCUT2D eigenvalue weighted by Gasteiger charge is -2.21. The minimum Gasteiger partial charge on any atom is -0.457 e. The van der Waals surface area contributed by atoms with Gasteiger partial charge in [-0.15, -0.1) is 0 Å². The second-order valence-electron chi connectivity index (χ2n) is 8.55. The Morgan fingerprint density at radius 3 is 2.61 bits per heavy atom. The SMILES string of the molecule is O=C(NC1CC1)c1coc(CN(Cc2cccc(Oc3ccccc3)c2)CC2CC2)n1. The third-order valence-electron chi connectivity index (χ3n) is 5.55. The number of carbonyl (C=O) groups is 1. The van der Waals surface area contributed by atoms with Gasteiger partial charge in [-0.1, -0.05) is 30.3 Å². The summed E-state index contributed by atoms with van der Waals surface area (Å²) < 4.78 is 11.6. The van der Waals surface area contributed by atoms with Gasteiger partial charge in [-0.25, -0.2) is 4.98 Å². The van der Waals surface area contributed by atoms with Crippen LogP contribution in [0.25, 0.3) is 0 Å². The molecule has 2 aliphatic carbocycles. The van der Waals surface area contributed by atoms with Gasteiger partial charge in [0.05, 0.1) is 6.54 Å². The van der Waals surface area contributed by atoms with Crippen molar-refractivity contribution in [3.8, 4) is 11.5 Å². The molecule has 0 spiro atoms. The first-order valence-electron chi connectivity index (χ1n) is 11.0. The highest BCUT2D eigenvalue weighted by atomic mass is 16.5. The van der Waals surface area contributed by atoms with Gasteiger partial charge in [0.25, 0.3) is 5.91 Å². The minimum absolute atomic E-state index is 0.142. The Morgan fingerprint density at radius 1 is 1.03 bits per heavy atom. The van der Waals surface area contributed by atoms with Crippen LogP contribution in [-0.4, -0.2) is 28.4 Å². The number of aromatic nitrogens is 1. The first-order valence-corrected chi connectivity index (χ1v) is 11.0. The van der Waals surface area contributed by atoms with Crippen LogP contribution in [0.2, 0.25) is 0 Å². The van der Waals surface area contributed by atoms with Crippen LogP contribution in [-0.2, 0) is 13.1 Å². The Kier molecular flexibility index (Phi) is 5.71. The Balaban J connectivity index is 1.24. The summed E-state index contributed by atoms with van der Waals surface area (Å²) >= 11 is 0. The average Bonchev–Trinajstić information content (AvgIpc) is 3.70. The standard InChI is InChI=1S/C25H27N3O3/c29-25(26-20-11-12-20)23-17-30-24(27-23)16-28(14-18-9-10-18)15-19-5-4-8-22(13-19)31-21-6-2-1-3-7-21/h1-8,13,17-18,20H,9-12,14-16H2,(H,26,29). The van der Waals surface area contributed by atoms with E-state index >= 15 is 0 Å².